The van der Waals surface area contributed by atoms with E-state index in [1.807, 2.05) is 0 Å². The van der Waals surface area contributed by atoms with Gasteiger partial charge in [0.2, 0.25) is 0 Å². The molecule has 98 valence electrons. The van der Waals surface area contributed by atoms with Crippen molar-refractivity contribution in [1.82, 2.24) is 4.98 Å². The first-order valence-electron chi connectivity index (χ1n) is 6.35. The second-order valence-electron chi connectivity index (χ2n) is 5.12. The number of nitrogens with zero attached hydrogens (tertiary/aromatic N) is 1. The van der Waals surface area contributed by atoms with Crippen LogP contribution in [0.3, 0.4) is 0 Å². The summed E-state index contributed by atoms with van der Waals surface area (Å²) in [6, 6.07) is 1.52. The lowest BCUT2D eigenvalue weighted by Gasteiger charge is -2.17. The normalized spacial score (nSPS) is 16.3. The Kier molecular flexibility index (Phi) is 3.41. The van der Waals surface area contributed by atoms with Crippen molar-refractivity contribution in [3.63, 3.8) is 0 Å². The molecule has 5 N–H and O–H groups in total. The van der Waals surface area contributed by atoms with E-state index in [2.05, 4.69) is 17.2 Å². The van der Waals surface area contributed by atoms with Crippen LogP contribution in [0, 0.1) is 5.41 Å². The van der Waals surface area contributed by atoms with Crippen LogP contribution >= 0.6 is 0 Å². The average molecular weight is 248 g/mol. The van der Waals surface area contributed by atoms with Crippen LogP contribution < -0.4 is 16.8 Å². The lowest BCUT2D eigenvalue weighted by molar-refractivity contribution is 0.100. The van der Waals surface area contributed by atoms with Crippen molar-refractivity contribution >= 4 is 17.4 Å². The van der Waals surface area contributed by atoms with Crippen LogP contribution in [0.5, 0.6) is 0 Å². The van der Waals surface area contributed by atoms with E-state index in [0.29, 0.717) is 22.5 Å². The van der Waals surface area contributed by atoms with Crippen LogP contribution in [-0.4, -0.2) is 17.4 Å². The molecule has 1 saturated carbocycles. The van der Waals surface area contributed by atoms with Crippen molar-refractivity contribution in [2.24, 2.45) is 11.1 Å². The molecule has 2 rings (SSSR count). The van der Waals surface area contributed by atoms with Gasteiger partial charge in [-0.2, -0.15) is 0 Å². The Balaban J connectivity index is 2.07. The Hall–Kier alpha value is -1.78. The maximum absolute atomic E-state index is 11.3. The number of anilines is 2. The molecule has 0 spiro atoms. The third-order valence-corrected chi connectivity index (χ3v) is 3.58. The number of aromatic nitrogens is 1. The van der Waals surface area contributed by atoms with Gasteiger partial charge in [0.1, 0.15) is 5.82 Å². The summed E-state index contributed by atoms with van der Waals surface area (Å²) < 4.78 is 0. The minimum Gasteiger partial charge on any atom is -0.384 e. The number of rotatable bonds is 6. The minimum atomic E-state index is -0.480. The van der Waals surface area contributed by atoms with Gasteiger partial charge in [-0.3, -0.25) is 4.79 Å². The van der Waals surface area contributed by atoms with Crippen LogP contribution in [0.25, 0.3) is 0 Å². The van der Waals surface area contributed by atoms with E-state index in [1.54, 1.807) is 6.20 Å². The number of hydrogen-bond donors (Lipinski definition) is 3. The topological polar surface area (TPSA) is 94.0 Å². The van der Waals surface area contributed by atoms with Gasteiger partial charge < -0.3 is 16.8 Å². The van der Waals surface area contributed by atoms with Crippen molar-refractivity contribution in [2.45, 2.75) is 32.6 Å². The molecule has 5 nitrogen and oxygen atoms in total. The van der Waals surface area contributed by atoms with Gasteiger partial charge in [0.15, 0.2) is 0 Å². The van der Waals surface area contributed by atoms with Crippen LogP contribution in [0.15, 0.2) is 12.3 Å². The SMILES string of the molecule is CCCC1(CNc2cnc(N)cc2C(N)=O)CC1. The summed E-state index contributed by atoms with van der Waals surface area (Å²) in [7, 11) is 0. The molecule has 1 aliphatic rings. The summed E-state index contributed by atoms with van der Waals surface area (Å²) in [6.45, 7) is 3.06. The van der Waals surface area contributed by atoms with Crippen molar-refractivity contribution in [3.05, 3.63) is 17.8 Å². The lowest BCUT2D eigenvalue weighted by atomic mass is 10.0. The molecular weight excluding hydrogens is 228 g/mol. The van der Waals surface area contributed by atoms with Crippen LogP contribution in [-0.2, 0) is 0 Å². The fourth-order valence-corrected chi connectivity index (χ4v) is 2.32. The number of primary amides is 1. The van der Waals surface area contributed by atoms with Gasteiger partial charge in [-0.15, -0.1) is 0 Å². The molecule has 0 unspecified atom stereocenters. The fourth-order valence-electron chi connectivity index (χ4n) is 2.32. The first kappa shape index (κ1) is 12.7. The average Bonchev–Trinajstić information content (AvgIpc) is 3.08. The Bertz CT molecular complexity index is 454. The number of hydrogen-bond acceptors (Lipinski definition) is 4. The van der Waals surface area contributed by atoms with Crippen LogP contribution in [0.1, 0.15) is 43.0 Å². The summed E-state index contributed by atoms with van der Waals surface area (Å²) in [5, 5.41) is 3.29. The van der Waals surface area contributed by atoms with E-state index in [4.69, 9.17) is 11.5 Å². The largest absolute Gasteiger partial charge is 0.384 e. The highest BCUT2D eigenvalue weighted by Crippen LogP contribution is 2.49. The monoisotopic (exact) mass is 248 g/mol. The summed E-state index contributed by atoms with van der Waals surface area (Å²) in [5.41, 5.74) is 12.4. The molecule has 1 heterocycles. The predicted molar refractivity (Wildman–Crippen MR) is 72.2 cm³/mol. The zero-order chi connectivity index (χ0) is 13.2. The highest BCUT2D eigenvalue weighted by Gasteiger charge is 2.41. The summed E-state index contributed by atoms with van der Waals surface area (Å²) in [6.07, 6.45) is 6.49. The Morgan fingerprint density at radius 3 is 2.83 bits per heavy atom. The van der Waals surface area contributed by atoms with E-state index in [0.717, 1.165) is 6.54 Å². The number of nitrogens with one attached hydrogen (secondary N) is 1. The van der Waals surface area contributed by atoms with E-state index in [1.165, 1.54) is 31.7 Å². The molecule has 1 aromatic rings. The molecule has 0 radical (unpaired) electrons. The van der Waals surface area contributed by atoms with Gasteiger partial charge >= 0.3 is 0 Å². The van der Waals surface area contributed by atoms with E-state index in [9.17, 15) is 4.79 Å². The summed E-state index contributed by atoms with van der Waals surface area (Å²) >= 11 is 0. The smallest absolute Gasteiger partial charge is 0.250 e. The molecular formula is C13H20N4O. The fraction of sp³-hybridized carbons (Fsp3) is 0.538. The zero-order valence-corrected chi connectivity index (χ0v) is 10.7. The summed E-state index contributed by atoms with van der Waals surface area (Å²) in [5.74, 6) is -0.170. The molecule has 0 bridgehead atoms. The second-order valence-corrected chi connectivity index (χ2v) is 5.12. The van der Waals surface area contributed by atoms with Crippen molar-refractivity contribution in [3.8, 4) is 0 Å². The molecule has 18 heavy (non-hydrogen) atoms. The highest BCUT2D eigenvalue weighted by atomic mass is 16.1. The minimum absolute atomic E-state index is 0.309. The first-order chi connectivity index (χ1) is 8.56. The third kappa shape index (κ3) is 2.72. The predicted octanol–water partition coefficient (Wildman–Crippen LogP) is 1.75. The lowest BCUT2D eigenvalue weighted by Crippen LogP contribution is -2.20. The summed E-state index contributed by atoms with van der Waals surface area (Å²) in [4.78, 5) is 15.3. The maximum Gasteiger partial charge on any atom is 0.250 e. The van der Waals surface area contributed by atoms with E-state index < -0.39 is 5.91 Å². The standard InChI is InChI=1S/C13H20N4O/c1-2-3-13(4-5-13)8-17-10-7-16-11(14)6-9(10)12(15)18/h6-7,17H,2-5,8H2,1H3,(H2,14,16)(H2,15,18). The molecule has 5 heteroatoms. The van der Waals surface area contributed by atoms with Gasteiger partial charge in [-0.1, -0.05) is 13.3 Å². The number of nitrogens with two attached hydrogens (primary N) is 2. The molecule has 0 aromatic carbocycles. The van der Waals surface area contributed by atoms with Gasteiger partial charge in [-0.25, -0.2) is 4.98 Å². The van der Waals surface area contributed by atoms with Crippen molar-refractivity contribution in [2.75, 3.05) is 17.6 Å². The van der Waals surface area contributed by atoms with Gasteiger partial charge in [0, 0.05) is 6.54 Å². The molecule has 0 aliphatic heterocycles. The Morgan fingerprint density at radius 1 is 1.56 bits per heavy atom. The number of pyridine rings is 1. The third-order valence-electron chi connectivity index (χ3n) is 3.58. The van der Waals surface area contributed by atoms with Gasteiger partial charge in [0.05, 0.1) is 17.4 Å². The van der Waals surface area contributed by atoms with Crippen LogP contribution in [0.4, 0.5) is 11.5 Å². The number of carbonyl (C=O) groups excluding carboxylic acids is 1. The molecule has 0 saturated heterocycles. The molecule has 1 aromatic heterocycles. The molecule has 1 aliphatic carbocycles. The molecule has 1 fully saturated rings. The first-order valence-corrected chi connectivity index (χ1v) is 6.35. The highest BCUT2D eigenvalue weighted by molar-refractivity contribution is 5.98. The maximum atomic E-state index is 11.3. The van der Waals surface area contributed by atoms with E-state index in [-0.39, 0.29) is 0 Å². The number of carbonyl (C=O) groups is 1. The van der Waals surface area contributed by atoms with Crippen molar-refractivity contribution < 1.29 is 4.79 Å². The zero-order valence-electron chi connectivity index (χ0n) is 10.7. The van der Waals surface area contributed by atoms with E-state index >= 15 is 0 Å². The number of amides is 1. The quantitative estimate of drug-likeness (QED) is 0.715. The molecule has 0 atom stereocenters. The Labute approximate surface area is 107 Å². The molecule has 1 amide bonds. The second kappa shape index (κ2) is 4.84. The van der Waals surface area contributed by atoms with Crippen LogP contribution in [0.2, 0.25) is 0 Å². The number of nitrogen functional groups attached to an aromatic ring is 1. The van der Waals surface area contributed by atoms with Gasteiger partial charge in [0.25, 0.3) is 5.91 Å². The van der Waals surface area contributed by atoms with Gasteiger partial charge in [-0.05, 0) is 30.7 Å². The van der Waals surface area contributed by atoms with Crippen molar-refractivity contribution in [1.29, 1.82) is 0 Å². The Morgan fingerprint density at radius 2 is 2.28 bits per heavy atom.